The zero-order valence-electron chi connectivity index (χ0n) is 17.3. The fourth-order valence-corrected chi connectivity index (χ4v) is 4.83. The third-order valence-electron chi connectivity index (χ3n) is 6.82. The lowest BCUT2D eigenvalue weighted by Crippen LogP contribution is -2.33. The van der Waals surface area contributed by atoms with Gasteiger partial charge in [-0.2, -0.15) is 0 Å². The van der Waals surface area contributed by atoms with Crippen molar-refractivity contribution in [1.29, 1.82) is 0 Å². The molecule has 0 amide bonds. The van der Waals surface area contributed by atoms with Crippen LogP contribution in [0.4, 0.5) is 5.69 Å². The first-order chi connectivity index (χ1) is 15.0. The number of carbonyl (C=O) groups excluding carboxylic acids is 1. The maximum absolute atomic E-state index is 12.0. The number of fused-ring (bicyclic) bond motifs is 1. The van der Waals surface area contributed by atoms with Crippen LogP contribution in [-0.4, -0.2) is 28.5 Å². The zero-order valence-corrected chi connectivity index (χ0v) is 18.0. The number of hydrogen-bond acceptors (Lipinski definition) is 5. The zero-order chi connectivity index (χ0) is 21.6. The van der Waals surface area contributed by atoms with E-state index in [0.29, 0.717) is 11.1 Å². The van der Waals surface area contributed by atoms with E-state index in [1.54, 1.807) is 12.1 Å². The van der Waals surface area contributed by atoms with Crippen LogP contribution in [0.3, 0.4) is 0 Å². The molecule has 0 bridgehead atoms. The van der Waals surface area contributed by atoms with Crippen LogP contribution in [0, 0.1) is 0 Å². The molecule has 5 rings (SSSR count). The lowest BCUT2D eigenvalue weighted by atomic mass is 9.89. The Balaban J connectivity index is 1.63. The smallest absolute Gasteiger partial charge is 0.134 e. The van der Waals surface area contributed by atoms with Gasteiger partial charge in [-0.1, -0.05) is 23.7 Å². The summed E-state index contributed by atoms with van der Waals surface area (Å²) in [6.45, 7) is 0. The summed E-state index contributed by atoms with van der Waals surface area (Å²) in [5.74, 6) is 0.0645. The number of pyridine rings is 1. The molecule has 4 N–H and O–H groups in total. The van der Waals surface area contributed by atoms with Crippen LogP contribution in [0.2, 0.25) is 5.02 Å². The standard InChI is InChI=1S/C25H26ClN3O2/c26-21-12-16(2-8-23(21)31)15-1-7-22-19(11-15)24(29-18-5-3-17(27)4-6-18)20(13-28-22)25(14-30)9-10-25/h1-2,7-8,11-14,17-18,31H,3-6,9-10,27H2,(H,28,29)/t17-,18-. The largest absolute Gasteiger partial charge is 0.506 e. The molecule has 0 saturated heterocycles. The third-order valence-corrected chi connectivity index (χ3v) is 7.12. The number of nitrogens with zero attached hydrogens (tertiary/aromatic N) is 1. The fourth-order valence-electron chi connectivity index (χ4n) is 4.64. The Labute approximate surface area is 186 Å². The number of aromatic hydroxyl groups is 1. The minimum atomic E-state index is -0.424. The first kappa shape index (κ1) is 20.3. The van der Waals surface area contributed by atoms with Crippen molar-refractivity contribution in [3.8, 4) is 16.9 Å². The molecular weight excluding hydrogens is 410 g/mol. The average molecular weight is 436 g/mol. The van der Waals surface area contributed by atoms with Gasteiger partial charge in [-0.3, -0.25) is 4.98 Å². The molecule has 1 heterocycles. The van der Waals surface area contributed by atoms with Gasteiger partial charge in [-0.15, -0.1) is 0 Å². The Morgan fingerprint density at radius 3 is 2.48 bits per heavy atom. The van der Waals surface area contributed by atoms with Crippen molar-refractivity contribution in [1.82, 2.24) is 4.98 Å². The number of phenols is 1. The van der Waals surface area contributed by atoms with Crippen LogP contribution < -0.4 is 11.1 Å². The third kappa shape index (κ3) is 3.77. The average Bonchev–Trinajstić information content (AvgIpc) is 3.58. The summed E-state index contributed by atoms with van der Waals surface area (Å²) in [5, 5.41) is 14.9. The number of hydrogen-bond donors (Lipinski definition) is 3. The lowest BCUT2D eigenvalue weighted by Gasteiger charge is -2.29. The number of aldehydes is 1. The second-order valence-electron chi connectivity index (χ2n) is 8.98. The van der Waals surface area contributed by atoms with Crippen LogP contribution in [0.15, 0.2) is 42.6 Å². The number of benzene rings is 2. The molecule has 2 aliphatic carbocycles. The lowest BCUT2D eigenvalue weighted by molar-refractivity contribution is -0.109. The SMILES string of the molecule is N[C@H]1CC[C@H](Nc2c(C3(C=O)CC3)cnc3ccc(-c4ccc(O)c(Cl)c4)cc23)CC1. The Morgan fingerprint density at radius 2 is 1.81 bits per heavy atom. The molecule has 0 unspecified atom stereocenters. The normalized spacial score (nSPS) is 22.3. The summed E-state index contributed by atoms with van der Waals surface area (Å²) in [7, 11) is 0. The van der Waals surface area contributed by atoms with Gasteiger partial charge in [0.2, 0.25) is 0 Å². The number of rotatable bonds is 5. The van der Waals surface area contributed by atoms with Gasteiger partial charge in [-0.25, -0.2) is 0 Å². The van der Waals surface area contributed by atoms with Crippen molar-refractivity contribution < 1.29 is 9.90 Å². The van der Waals surface area contributed by atoms with Crippen LogP contribution in [0.1, 0.15) is 44.1 Å². The molecule has 3 aromatic rings. The van der Waals surface area contributed by atoms with E-state index in [9.17, 15) is 9.90 Å². The molecule has 0 radical (unpaired) electrons. The fraction of sp³-hybridized carbons (Fsp3) is 0.360. The van der Waals surface area contributed by atoms with E-state index in [2.05, 4.69) is 16.4 Å². The predicted molar refractivity (Wildman–Crippen MR) is 125 cm³/mol. The van der Waals surface area contributed by atoms with Gasteiger partial charge < -0.3 is 21.0 Å². The van der Waals surface area contributed by atoms with E-state index in [0.717, 1.165) is 78.1 Å². The quantitative estimate of drug-likeness (QED) is 0.481. The predicted octanol–water partition coefficient (Wildman–Crippen LogP) is 5.17. The number of halogens is 1. The van der Waals surface area contributed by atoms with Gasteiger partial charge in [-0.05, 0) is 73.9 Å². The van der Waals surface area contributed by atoms with Crippen molar-refractivity contribution >= 4 is 34.5 Å². The number of phenolic OH excluding ortho intramolecular Hbond substituents is 1. The second-order valence-corrected chi connectivity index (χ2v) is 9.38. The summed E-state index contributed by atoms with van der Waals surface area (Å²) in [5.41, 5.74) is 10.5. The highest BCUT2D eigenvalue weighted by molar-refractivity contribution is 6.32. The van der Waals surface area contributed by atoms with Crippen molar-refractivity contribution in [3.63, 3.8) is 0 Å². The molecule has 0 atom stereocenters. The summed E-state index contributed by atoms with van der Waals surface area (Å²) >= 11 is 6.14. The minimum absolute atomic E-state index is 0.0645. The first-order valence-electron chi connectivity index (χ1n) is 10.9. The number of carbonyl (C=O) groups is 1. The van der Waals surface area contributed by atoms with Crippen LogP contribution in [0.25, 0.3) is 22.0 Å². The molecule has 0 spiro atoms. The van der Waals surface area contributed by atoms with Gasteiger partial charge in [0, 0.05) is 34.9 Å². The molecule has 5 nitrogen and oxygen atoms in total. The molecule has 0 aliphatic heterocycles. The minimum Gasteiger partial charge on any atom is -0.506 e. The highest BCUT2D eigenvalue weighted by atomic mass is 35.5. The molecule has 2 aromatic carbocycles. The van der Waals surface area contributed by atoms with Gasteiger partial charge >= 0.3 is 0 Å². The van der Waals surface area contributed by atoms with Crippen LogP contribution in [-0.2, 0) is 10.2 Å². The van der Waals surface area contributed by atoms with Gasteiger partial charge in [0.25, 0.3) is 0 Å². The molecule has 1 aromatic heterocycles. The summed E-state index contributed by atoms with van der Waals surface area (Å²) in [6, 6.07) is 11.9. The molecule has 160 valence electrons. The molecular formula is C25H26ClN3O2. The molecule has 2 saturated carbocycles. The van der Waals surface area contributed by atoms with Gasteiger partial charge in [0.1, 0.15) is 12.0 Å². The summed E-state index contributed by atoms with van der Waals surface area (Å²) in [4.78, 5) is 16.6. The van der Waals surface area contributed by atoms with E-state index >= 15 is 0 Å². The highest BCUT2D eigenvalue weighted by Crippen LogP contribution is 2.50. The van der Waals surface area contributed by atoms with Crippen molar-refractivity contribution in [2.24, 2.45) is 5.73 Å². The monoisotopic (exact) mass is 435 g/mol. The number of anilines is 1. The number of nitrogens with two attached hydrogens (primary N) is 1. The Morgan fingerprint density at radius 1 is 1.10 bits per heavy atom. The molecule has 31 heavy (non-hydrogen) atoms. The van der Waals surface area contributed by atoms with E-state index in [4.69, 9.17) is 17.3 Å². The van der Waals surface area contributed by atoms with E-state index in [1.807, 2.05) is 24.4 Å². The van der Waals surface area contributed by atoms with Crippen LogP contribution in [0.5, 0.6) is 5.75 Å². The van der Waals surface area contributed by atoms with E-state index in [-0.39, 0.29) is 11.8 Å². The topological polar surface area (TPSA) is 88.2 Å². The van der Waals surface area contributed by atoms with E-state index in [1.165, 1.54) is 0 Å². The van der Waals surface area contributed by atoms with Gasteiger partial charge in [0.05, 0.1) is 16.0 Å². The first-order valence-corrected chi connectivity index (χ1v) is 11.3. The number of aromatic nitrogens is 1. The Hall–Kier alpha value is -2.63. The van der Waals surface area contributed by atoms with Crippen molar-refractivity contribution in [2.45, 2.75) is 56.0 Å². The second kappa shape index (κ2) is 7.81. The Bertz CT molecular complexity index is 1150. The molecule has 2 aliphatic rings. The van der Waals surface area contributed by atoms with Crippen molar-refractivity contribution in [3.05, 3.63) is 53.2 Å². The van der Waals surface area contributed by atoms with E-state index < -0.39 is 5.41 Å². The summed E-state index contributed by atoms with van der Waals surface area (Å²) < 4.78 is 0. The van der Waals surface area contributed by atoms with Crippen molar-refractivity contribution in [2.75, 3.05) is 5.32 Å². The van der Waals surface area contributed by atoms with Crippen LogP contribution >= 0.6 is 11.6 Å². The highest BCUT2D eigenvalue weighted by Gasteiger charge is 2.46. The van der Waals surface area contributed by atoms with Gasteiger partial charge in [0.15, 0.2) is 0 Å². The summed E-state index contributed by atoms with van der Waals surface area (Å²) in [6.07, 6.45) is 8.73. The maximum Gasteiger partial charge on any atom is 0.134 e. The maximum atomic E-state index is 12.0. The molecule has 2 fully saturated rings. The number of nitrogens with one attached hydrogen (secondary N) is 1. The molecule has 6 heteroatoms. The Kier molecular flexibility index (Phi) is 5.11.